The van der Waals surface area contributed by atoms with Gasteiger partial charge in [0.25, 0.3) is 5.91 Å². The lowest BCUT2D eigenvalue weighted by atomic mass is 10.0. The number of rotatable bonds is 7. The number of nitrogens with one attached hydrogen (secondary N) is 1. The molecular formula is C27H34FN3O3. The second-order valence-electron chi connectivity index (χ2n) is 9.48. The van der Waals surface area contributed by atoms with Crippen molar-refractivity contribution < 1.29 is 18.7 Å². The Morgan fingerprint density at radius 2 is 1.85 bits per heavy atom. The third kappa shape index (κ3) is 5.95. The molecule has 1 saturated heterocycles. The maximum absolute atomic E-state index is 14.4. The Hall–Kier alpha value is -2.93. The van der Waals surface area contributed by atoms with Gasteiger partial charge in [0.1, 0.15) is 11.6 Å². The first-order valence-electron chi connectivity index (χ1n) is 12.2. The standard InChI is InChI=1S/C27H34FN3O3/c1-19-16-30(12-13-31(19)27(33)21-8-6-7-9-21)17-22-14-23(28)15-25(20(22)2)29-26(32)18-34-24-10-4-3-5-11-24/h3-5,10-11,14-15,19,21H,6-9,12-13,16-18H2,1-2H3,(H,29,32). The molecule has 1 N–H and O–H groups in total. The second kappa shape index (κ2) is 11.0. The van der Waals surface area contributed by atoms with Crippen LogP contribution in [0.5, 0.6) is 5.75 Å². The van der Waals surface area contributed by atoms with Gasteiger partial charge in [0, 0.05) is 43.8 Å². The molecule has 2 amide bonds. The Balaban J connectivity index is 1.35. The molecule has 0 spiro atoms. The number of halogens is 1. The number of benzene rings is 2. The molecule has 0 radical (unpaired) electrons. The van der Waals surface area contributed by atoms with Crippen LogP contribution in [0.25, 0.3) is 0 Å². The second-order valence-corrected chi connectivity index (χ2v) is 9.48. The quantitative estimate of drug-likeness (QED) is 0.657. The van der Waals surface area contributed by atoms with Gasteiger partial charge in [0.2, 0.25) is 5.91 Å². The van der Waals surface area contributed by atoms with Gasteiger partial charge in [-0.1, -0.05) is 31.0 Å². The summed E-state index contributed by atoms with van der Waals surface area (Å²) in [7, 11) is 0. The van der Waals surface area contributed by atoms with Crippen LogP contribution < -0.4 is 10.1 Å². The van der Waals surface area contributed by atoms with E-state index < -0.39 is 0 Å². The van der Waals surface area contributed by atoms with Crippen molar-refractivity contribution in [2.24, 2.45) is 5.92 Å². The molecule has 2 aliphatic rings. The summed E-state index contributed by atoms with van der Waals surface area (Å²) in [6, 6.07) is 12.1. The molecular weight excluding hydrogens is 433 g/mol. The van der Waals surface area contributed by atoms with Gasteiger partial charge < -0.3 is 15.0 Å². The number of piperazine rings is 1. The van der Waals surface area contributed by atoms with Crippen LogP contribution in [-0.4, -0.2) is 53.9 Å². The third-order valence-corrected chi connectivity index (χ3v) is 6.96. The summed E-state index contributed by atoms with van der Waals surface area (Å²) in [6.07, 6.45) is 4.33. The van der Waals surface area contributed by atoms with Crippen LogP contribution in [0.1, 0.15) is 43.7 Å². The zero-order valence-corrected chi connectivity index (χ0v) is 20.1. The average Bonchev–Trinajstić information content (AvgIpc) is 3.36. The Labute approximate surface area is 201 Å². The fourth-order valence-corrected chi connectivity index (χ4v) is 5.03. The molecule has 7 heteroatoms. The maximum Gasteiger partial charge on any atom is 0.262 e. The van der Waals surface area contributed by atoms with E-state index in [-0.39, 0.29) is 30.3 Å². The molecule has 1 saturated carbocycles. The predicted octanol–water partition coefficient (Wildman–Crippen LogP) is 4.37. The summed E-state index contributed by atoms with van der Waals surface area (Å²) in [5.74, 6) is 0.374. The number of carbonyl (C=O) groups excluding carboxylic acids is 2. The molecule has 6 nitrogen and oxygen atoms in total. The third-order valence-electron chi connectivity index (χ3n) is 6.96. The molecule has 0 bridgehead atoms. The number of anilines is 1. The summed E-state index contributed by atoms with van der Waals surface area (Å²) < 4.78 is 19.9. The molecule has 34 heavy (non-hydrogen) atoms. The smallest absolute Gasteiger partial charge is 0.262 e. The molecule has 182 valence electrons. The molecule has 1 aliphatic heterocycles. The highest BCUT2D eigenvalue weighted by atomic mass is 19.1. The predicted molar refractivity (Wildman–Crippen MR) is 130 cm³/mol. The molecule has 2 aromatic carbocycles. The Morgan fingerprint density at radius 3 is 2.56 bits per heavy atom. The molecule has 1 unspecified atom stereocenters. The molecule has 1 atom stereocenters. The monoisotopic (exact) mass is 467 g/mol. The van der Waals surface area contributed by atoms with E-state index in [4.69, 9.17) is 4.74 Å². The summed E-state index contributed by atoms with van der Waals surface area (Å²) in [4.78, 5) is 29.6. The molecule has 0 aromatic heterocycles. The van der Waals surface area contributed by atoms with E-state index in [1.165, 1.54) is 12.1 Å². The number of hydrogen-bond acceptors (Lipinski definition) is 4. The largest absolute Gasteiger partial charge is 0.484 e. The lowest BCUT2D eigenvalue weighted by Gasteiger charge is -2.41. The lowest BCUT2D eigenvalue weighted by Crippen LogP contribution is -2.54. The van der Waals surface area contributed by atoms with Crippen molar-refractivity contribution in [3.8, 4) is 5.75 Å². The van der Waals surface area contributed by atoms with Gasteiger partial charge in [-0.05, 0) is 62.1 Å². The van der Waals surface area contributed by atoms with Crippen LogP contribution in [0, 0.1) is 18.7 Å². The van der Waals surface area contributed by atoms with E-state index in [2.05, 4.69) is 17.1 Å². The van der Waals surface area contributed by atoms with Crippen molar-refractivity contribution in [2.45, 2.75) is 52.1 Å². The molecule has 1 aliphatic carbocycles. The van der Waals surface area contributed by atoms with Crippen LogP contribution in [-0.2, 0) is 16.1 Å². The van der Waals surface area contributed by atoms with E-state index in [0.29, 0.717) is 30.4 Å². The van der Waals surface area contributed by atoms with Crippen molar-refractivity contribution >= 4 is 17.5 Å². The fourth-order valence-electron chi connectivity index (χ4n) is 5.03. The number of hydrogen-bond donors (Lipinski definition) is 1. The first kappa shape index (κ1) is 24.2. The SMILES string of the molecule is Cc1c(CN2CCN(C(=O)C3CCCC3)C(C)C2)cc(F)cc1NC(=O)COc1ccccc1. The first-order valence-corrected chi connectivity index (χ1v) is 12.2. The topological polar surface area (TPSA) is 61.9 Å². The number of para-hydroxylation sites is 1. The van der Waals surface area contributed by atoms with Gasteiger partial charge >= 0.3 is 0 Å². The molecule has 4 rings (SSSR count). The van der Waals surface area contributed by atoms with Crippen molar-refractivity contribution in [1.29, 1.82) is 0 Å². The van der Waals surface area contributed by atoms with Crippen LogP contribution in [0.15, 0.2) is 42.5 Å². The Bertz CT molecular complexity index is 1010. The maximum atomic E-state index is 14.4. The summed E-state index contributed by atoms with van der Waals surface area (Å²) in [5.41, 5.74) is 2.13. The number of nitrogens with zero attached hydrogens (tertiary/aromatic N) is 2. The number of carbonyl (C=O) groups is 2. The van der Waals surface area contributed by atoms with Gasteiger partial charge in [0.05, 0.1) is 0 Å². The summed E-state index contributed by atoms with van der Waals surface area (Å²) >= 11 is 0. The zero-order valence-electron chi connectivity index (χ0n) is 20.1. The van der Waals surface area contributed by atoms with Crippen LogP contribution in [0.2, 0.25) is 0 Å². The van der Waals surface area contributed by atoms with E-state index in [1.807, 2.05) is 30.0 Å². The van der Waals surface area contributed by atoms with Gasteiger partial charge in [-0.3, -0.25) is 14.5 Å². The Morgan fingerprint density at radius 1 is 1.12 bits per heavy atom. The highest BCUT2D eigenvalue weighted by Crippen LogP contribution is 2.29. The van der Waals surface area contributed by atoms with Gasteiger partial charge in [-0.2, -0.15) is 0 Å². The normalized spacial score (nSPS) is 19.3. The van der Waals surface area contributed by atoms with Crippen LogP contribution in [0.4, 0.5) is 10.1 Å². The summed E-state index contributed by atoms with van der Waals surface area (Å²) in [5, 5.41) is 2.79. The van der Waals surface area contributed by atoms with Gasteiger partial charge in [-0.15, -0.1) is 0 Å². The highest BCUT2D eigenvalue weighted by molar-refractivity contribution is 5.92. The van der Waals surface area contributed by atoms with Crippen LogP contribution >= 0.6 is 0 Å². The number of amides is 2. The zero-order chi connectivity index (χ0) is 24.1. The van der Waals surface area contributed by atoms with E-state index in [9.17, 15) is 14.0 Å². The van der Waals surface area contributed by atoms with Gasteiger partial charge in [-0.25, -0.2) is 4.39 Å². The van der Waals surface area contributed by atoms with Crippen molar-refractivity contribution in [3.05, 3.63) is 59.4 Å². The van der Waals surface area contributed by atoms with E-state index >= 15 is 0 Å². The molecule has 1 heterocycles. The minimum Gasteiger partial charge on any atom is -0.484 e. The first-order chi connectivity index (χ1) is 16.4. The van der Waals surface area contributed by atoms with Crippen molar-refractivity contribution in [2.75, 3.05) is 31.6 Å². The fraction of sp³-hybridized carbons (Fsp3) is 0.481. The minimum atomic E-state index is -0.386. The van der Waals surface area contributed by atoms with E-state index in [0.717, 1.165) is 49.9 Å². The molecule has 2 fully saturated rings. The summed E-state index contributed by atoms with van der Waals surface area (Å²) in [6.45, 7) is 6.62. The minimum absolute atomic E-state index is 0.130. The van der Waals surface area contributed by atoms with E-state index in [1.54, 1.807) is 12.1 Å². The van der Waals surface area contributed by atoms with Crippen LogP contribution in [0.3, 0.4) is 0 Å². The highest BCUT2D eigenvalue weighted by Gasteiger charge is 2.33. The number of ether oxygens (including phenoxy) is 1. The Kier molecular flexibility index (Phi) is 7.83. The van der Waals surface area contributed by atoms with Crippen molar-refractivity contribution in [3.63, 3.8) is 0 Å². The lowest BCUT2D eigenvalue weighted by molar-refractivity contribution is -0.140. The van der Waals surface area contributed by atoms with Gasteiger partial charge in [0.15, 0.2) is 6.61 Å². The van der Waals surface area contributed by atoms with Crippen molar-refractivity contribution in [1.82, 2.24) is 9.80 Å². The average molecular weight is 468 g/mol. The molecule has 2 aromatic rings.